The smallest absolute Gasteiger partial charge is 0.162 e. The van der Waals surface area contributed by atoms with Crippen molar-refractivity contribution in [1.29, 1.82) is 0 Å². The van der Waals surface area contributed by atoms with Crippen molar-refractivity contribution in [3.05, 3.63) is 80.1 Å². The monoisotopic (exact) mass is 635 g/mol. The Morgan fingerprint density at radius 2 is 1.41 bits per heavy atom. The number of carbonyl (C=O) groups excluding carboxylic acids is 2. The highest BCUT2D eigenvalue weighted by Gasteiger charge is 2.50. The summed E-state index contributed by atoms with van der Waals surface area (Å²) in [6.07, 6.45) is 8.41. The van der Waals surface area contributed by atoms with Gasteiger partial charge in [0.2, 0.25) is 0 Å². The molecule has 0 unspecified atom stereocenters. The van der Waals surface area contributed by atoms with Crippen molar-refractivity contribution in [3.63, 3.8) is 0 Å². The number of hydrogen-bond acceptors (Lipinski definition) is 5. The van der Waals surface area contributed by atoms with E-state index in [2.05, 4.69) is 32.6 Å². The lowest BCUT2D eigenvalue weighted by molar-refractivity contribution is -0.119. The third-order valence-corrected chi connectivity index (χ3v) is 10.4. The number of Topliss-reactive ketones (excluding diaryl/α,β-unsaturated/α-hetero) is 2. The molecule has 1 saturated carbocycles. The molecule has 0 spiro atoms. The van der Waals surface area contributed by atoms with Crippen LogP contribution in [0.1, 0.15) is 103 Å². The third kappa shape index (κ3) is 5.95. The molecule has 0 radical (unpaired) electrons. The first kappa shape index (κ1) is 31.2. The van der Waals surface area contributed by atoms with Crippen LogP contribution in [0.5, 0.6) is 11.5 Å². The first-order valence-electron chi connectivity index (χ1n) is 15.9. The van der Waals surface area contributed by atoms with Crippen LogP contribution in [-0.2, 0) is 16.2 Å². The number of ketones is 2. The maximum absolute atomic E-state index is 14.2. The van der Waals surface area contributed by atoms with Gasteiger partial charge in [0.25, 0.3) is 0 Å². The molecule has 6 rings (SSSR count). The molecule has 3 aliphatic carbocycles. The fraction of sp³-hybridized carbons (Fsp3) is 0.514. The predicted molar refractivity (Wildman–Crippen MR) is 175 cm³/mol. The second-order valence-electron chi connectivity index (χ2n) is 14.6. The fourth-order valence-electron chi connectivity index (χ4n) is 7.89. The van der Waals surface area contributed by atoms with Gasteiger partial charge in [-0.25, -0.2) is 0 Å². The number of hydrogen-bond donors (Lipinski definition) is 0. The largest absolute Gasteiger partial charge is 0.493 e. The van der Waals surface area contributed by atoms with Crippen LogP contribution in [0.3, 0.4) is 0 Å². The topological polar surface area (TPSA) is 55.8 Å². The van der Waals surface area contributed by atoms with Crippen molar-refractivity contribution in [2.24, 2.45) is 10.8 Å². The Morgan fingerprint density at radius 3 is 1.98 bits per heavy atom. The molecule has 44 heavy (non-hydrogen) atoms. The zero-order chi connectivity index (χ0) is 31.4. The molecule has 1 heterocycles. The number of ether oxygens (including phenoxy) is 2. The van der Waals surface area contributed by atoms with Gasteiger partial charge in [-0.05, 0) is 66.3 Å². The number of carbonyl (C=O) groups is 2. The van der Waals surface area contributed by atoms with Crippen LogP contribution >= 0.6 is 23.2 Å². The first-order chi connectivity index (χ1) is 20.9. The highest BCUT2D eigenvalue weighted by molar-refractivity contribution is 6.35. The van der Waals surface area contributed by atoms with E-state index < -0.39 is 5.92 Å². The molecule has 0 saturated heterocycles. The van der Waals surface area contributed by atoms with E-state index in [-0.39, 0.29) is 29.0 Å². The lowest BCUT2D eigenvalue weighted by Crippen LogP contribution is -2.48. The van der Waals surface area contributed by atoms with E-state index >= 15 is 0 Å². The Hall–Kier alpha value is -2.76. The van der Waals surface area contributed by atoms with E-state index in [4.69, 9.17) is 32.7 Å². The molecular formula is C37H43Cl2NO4. The minimum absolute atomic E-state index is 0.141. The van der Waals surface area contributed by atoms with E-state index in [0.717, 1.165) is 59.4 Å². The van der Waals surface area contributed by atoms with Crippen molar-refractivity contribution in [2.45, 2.75) is 104 Å². The molecule has 7 heteroatoms. The SMILES string of the molecule is COc1cc(C2C3=C(CC(C)(C)CC3=O)N(C3CCCCC3)C3=C2C(=O)CC(C)(C)C3)ccc1OCc1ccc(Cl)cc1Cl. The molecule has 2 aromatic rings. The van der Waals surface area contributed by atoms with Gasteiger partial charge in [-0.3, -0.25) is 9.59 Å². The minimum Gasteiger partial charge on any atom is -0.493 e. The van der Waals surface area contributed by atoms with Crippen molar-refractivity contribution < 1.29 is 19.1 Å². The normalized spacial score (nSPS) is 22.2. The Morgan fingerprint density at radius 1 is 0.795 bits per heavy atom. The summed E-state index contributed by atoms with van der Waals surface area (Å²) in [4.78, 5) is 30.9. The molecule has 0 amide bonds. The summed E-state index contributed by atoms with van der Waals surface area (Å²) in [6.45, 7) is 9.04. The third-order valence-electron chi connectivity index (χ3n) is 9.81. The molecule has 0 aromatic heterocycles. The van der Waals surface area contributed by atoms with Crippen LogP contribution in [0, 0.1) is 10.8 Å². The number of rotatable bonds is 6. The van der Waals surface area contributed by atoms with Gasteiger partial charge in [0.05, 0.1) is 7.11 Å². The van der Waals surface area contributed by atoms with Gasteiger partial charge in [-0.15, -0.1) is 0 Å². The lowest BCUT2D eigenvalue weighted by atomic mass is 9.63. The van der Waals surface area contributed by atoms with Gasteiger partial charge in [0, 0.05) is 63.0 Å². The zero-order valence-electron chi connectivity index (χ0n) is 26.5. The Labute approximate surface area is 271 Å². The average molecular weight is 637 g/mol. The van der Waals surface area contributed by atoms with Crippen LogP contribution in [0.25, 0.3) is 0 Å². The summed E-state index contributed by atoms with van der Waals surface area (Å²) in [5.41, 5.74) is 5.33. The second-order valence-corrected chi connectivity index (χ2v) is 15.5. The molecule has 0 N–H and O–H groups in total. The molecule has 0 atom stereocenters. The van der Waals surface area contributed by atoms with Gasteiger partial charge >= 0.3 is 0 Å². The quantitative estimate of drug-likeness (QED) is 0.316. The van der Waals surface area contributed by atoms with Crippen LogP contribution in [0.2, 0.25) is 10.0 Å². The molecule has 2 aromatic carbocycles. The Balaban J connectivity index is 1.46. The Bertz CT molecular complexity index is 1510. The van der Waals surface area contributed by atoms with E-state index in [0.29, 0.717) is 40.4 Å². The molecule has 234 valence electrons. The summed E-state index contributed by atoms with van der Waals surface area (Å²) < 4.78 is 12.0. The molecule has 5 nitrogen and oxygen atoms in total. The number of nitrogens with zero attached hydrogens (tertiary/aromatic N) is 1. The van der Waals surface area contributed by atoms with Crippen molar-refractivity contribution in [1.82, 2.24) is 4.90 Å². The summed E-state index contributed by atoms with van der Waals surface area (Å²) in [7, 11) is 1.62. The van der Waals surface area contributed by atoms with E-state index in [1.165, 1.54) is 19.3 Å². The standard InChI is InChI=1S/C37H43Cl2NO4/c1-36(2)17-27-34(29(41)19-36)33(35-28(18-37(3,4)20-30(35)42)40(27)25-9-7-6-8-10-25)22-12-14-31(32(15-22)43-5)44-21-23-11-13-24(38)16-26(23)39/h11-16,25,33H,6-10,17-21H2,1-5H3. The van der Waals surface area contributed by atoms with Gasteiger partial charge in [0.1, 0.15) is 6.61 Å². The van der Waals surface area contributed by atoms with Gasteiger partial charge in [-0.1, -0.05) is 82.3 Å². The molecular weight excluding hydrogens is 593 g/mol. The highest BCUT2D eigenvalue weighted by Crippen LogP contribution is 2.56. The Kier molecular flexibility index (Phi) is 8.43. The molecule has 4 aliphatic rings. The molecule has 1 aliphatic heterocycles. The molecule has 1 fully saturated rings. The van der Waals surface area contributed by atoms with Gasteiger partial charge in [-0.2, -0.15) is 0 Å². The van der Waals surface area contributed by atoms with Crippen LogP contribution in [0.4, 0.5) is 0 Å². The zero-order valence-corrected chi connectivity index (χ0v) is 28.0. The van der Waals surface area contributed by atoms with Crippen molar-refractivity contribution in [2.75, 3.05) is 7.11 Å². The number of halogens is 2. The van der Waals surface area contributed by atoms with Crippen LogP contribution in [-0.4, -0.2) is 29.6 Å². The lowest BCUT2D eigenvalue weighted by Gasteiger charge is -2.52. The predicted octanol–water partition coefficient (Wildman–Crippen LogP) is 9.60. The first-order valence-corrected chi connectivity index (χ1v) is 16.7. The van der Waals surface area contributed by atoms with Crippen molar-refractivity contribution in [3.8, 4) is 11.5 Å². The fourth-order valence-corrected chi connectivity index (χ4v) is 8.35. The van der Waals surface area contributed by atoms with Crippen LogP contribution < -0.4 is 9.47 Å². The second kappa shape index (κ2) is 11.9. The summed E-state index contributed by atoms with van der Waals surface area (Å²) in [5.74, 6) is 1.02. The van der Waals surface area contributed by atoms with E-state index in [1.54, 1.807) is 19.2 Å². The minimum atomic E-state index is -0.416. The highest BCUT2D eigenvalue weighted by atomic mass is 35.5. The summed E-state index contributed by atoms with van der Waals surface area (Å²) in [5, 5.41) is 1.10. The van der Waals surface area contributed by atoms with Crippen LogP contribution in [0.15, 0.2) is 58.9 Å². The molecule has 0 bridgehead atoms. The number of methoxy groups -OCH3 is 1. The maximum Gasteiger partial charge on any atom is 0.162 e. The van der Waals surface area contributed by atoms with Gasteiger partial charge in [0.15, 0.2) is 23.1 Å². The summed E-state index contributed by atoms with van der Waals surface area (Å²) >= 11 is 12.5. The van der Waals surface area contributed by atoms with Gasteiger partial charge < -0.3 is 14.4 Å². The van der Waals surface area contributed by atoms with E-state index in [1.807, 2.05) is 24.3 Å². The number of benzene rings is 2. The number of allylic oxidation sites excluding steroid dienone is 4. The average Bonchev–Trinajstić information content (AvgIpc) is 2.95. The maximum atomic E-state index is 14.2. The van der Waals surface area contributed by atoms with E-state index in [9.17, 15) is 9.59 Å². The summed E-state index contributed by atoms with van der Waals surface area (Å²) in [6, 6.07) is 11.5. The van der Waals surface area contributed by atoms with Crippen molar-refractivity contribution >= 4 is 34.8 Å².